The van der Waals surface area contributed by atoms with Crippen LogP contribution in [0.15, 0.2) is 6.33 Å². The Morgan fingerprint density at radius 2 is 2.11 bits per heavy atom. The van der Waals surface area contributed by atoms with Crippen LogP contribution in [-0.2, 0) is 0 Å². The highest BCUT2D eigenvalue weighted by atomic mass is 15.2. The van der Waals surface area contributed by atoms with Crippen molar-refractivity contribution < 1.29 is 0 Å². The van der Waals surface area contributed by atoms with Crippen LogP contribution in [0.2, 0.25) is 0 Å². The lowest BCUT2D eigenvalue weighted by Gasteiger charge is -2.27. The Morgan fingerprint density at radius 3 is 2.63 bits per heavy atom. The summed E-state index contributed by atoms with van der Waals surface area (Å²) < 4.78 is 0. The fraction of sp³-hybridized carbons (Fsp3) is 0.733. The first-order chi connectivity index (χ1) is 9.17. The van der Waals surface area contributed by atoms with Gasteiger partial charge in [-0.3, -0.25) is 0 Å². The summed E-state index contributed by atoms with van der Waals surface area (Å²) in [6.07, 6.45) is 5.59. The molecular formula is C15H26N4. The molecule has 106 valence electrons. The van der Waals surface area contributed by atoms with Gasteiger partial charge in [-0.25, -0.2) is 9.97 Å². The van der Waals surface area contributed by atoms with Gasteiger partial charge in [0.15, 0.2) is 0 Å². The number of anilines is 2. The van der Waals surface area contributed by atoms with Crippen molar-refractivity contribution in [1.29, 1.82) is 0 Å². The molecule has 0 atom stereocenters. The molecule has 0 amide bonds. The molecule has 0 spiro atoms. The van der Waals surface area contributed by atoms with E-state index in [0.29, 0.717) is 5.92 Å². The fourth-order valence-corrected chi connectivity index (χ4v) is 2.53. The monoisotopic (exact) mass is 262 g/mol. The quantitative estimate of drug-likeness (QED) is 0.819. The average Bonchev–Trinajstić information content (AvgIpc) is 3.21. The molecule has 1 aromatic rings. The molecule has 4 heteroatoms. The van der Waals surface area contributed by atoms with E-state index in [4.69, 9.17) is 0 Å². The van der Waals surface area contributed by atoms with E-state index < -0.39 is 0 Å². The van der Waals surface area contributed by atoms with E-state index in [0.717, 1.165) is 37.1 Å². The molecule has 2 rings (SSSR count). The Hall–Kier alpha value is -1.32. The highest BCUT2D eigenvalue weighted by Gasteiger charge is 2.27. The third kappa shape index (κ3) is 3.37. The maximum atomic E-state index is 4.58. The first-order valence-corrected chi connectivity index (χ1v) is 7.44. The van der Waals surface area contributed by atoms with Gasteiger partial charge in [0.1, 0.15) is 18.0 Å². The van der Waals surface area contributed by atoms with E-state index in [1.165, 1.54) is 18.4 Å². The fourth-order valence-electron chi connectivity index (χ4n) is 2.53. The minimum atomic E-state index is 0.428. The van der Waals surface area contributed by atoms with Crippen LogP contribution in [-0.4, -0.2) is 30.1 Å². The molecular weight excluding hydrogens is 236 g/mol. The molecule has 19 heavy (non-hydrogen) atoms. The van der Waals surface area contributed by atoms with Crippen molar-refractivity contribution in [1.82, 2.24) is 9.97 Å². The standard InChI is InChI=1S/C15H26N4/c1-5-8-19(9-12-6-7-12)15-13(11(2)3)14(16-4)17-10-18-15/h10-12H,5-9H2,1-4H3,(H,16,17,18). The molecule has 0 unspecified atom stereocenters. The molecule has 1 aliphatic rings. The molecule has 4 nitrogen and oxygen atoms in total. The Bertz CT molecular complexity index is 413. The third-order valence-corrected chi connectivity index (χ3v) is 3.65. The molecule has 1 saturated carbocycles. The largest absolute Gasteiger partial charge is 0.373 e. The van der Waals surface area contributed by atoms with E-state index >= 15 is 0 Å². The number of rotatable bonds is 7. The molecule has 0 saturated heterocycles. The van der Waals surface area contributed by atoms with Gasteiger partial charge in [-0.05, 0) is 31.1 Å². The van der Waals surface area contributed by atoms with E-state index in [1.54, 1.807) is 6.33 Å². The topological polar surface area (TPSA) is 41.1 Å². The van der Waals surface area contributed by atoms with Crippen molar-refractivity contribution in [3.8, 4) is 0 Å². The number of nitrogens with zero attached hydrogens (tertiary/aromatic N) is 3. The highest BCUT2D eigenvalue weighted by Crippen LogP contribution is 2.35. The SMILES string of the molecule is CCCN(CC1CC1)c1ncnc(NC)c1C(C)C. The van der Waals surface area contributed by atoms with Crippen LogP contribution in [0.4, 0.5) is 11.6 Å². The Morgan fingerprint density at radius 1 is 1.37 bits per heavy atom. The van der Waals surface area contributed by atoms with E-state index in [2.05, 4.69) is 41.0 Å². The minimum absolute atomic E-state index is 0.428. The normalized spacial score (nSPS) is 14.8. The van der Waals surface area contributed by atoms with Gasteiger partial charge in [0.25, 0.3) is 0 Å². The molecule has 1 aromatic heterocycles. The zero-order chi connectivity index (χ0) is 13.8. The van der Waals surface area contributed by atoms with Gasteiger partial charge < -0.3 is 10.2 Å². The van der Waals surface area contributed by atoms with Gasteiger partial charge in [0.2, 0.25) is 0 Å². The third-order valence-electron chi connectivity index (χ3n) is 3.65. The second-order valence-electron chi connectivity index (χ2n) is 5.75. The molecule has 1 fully saturated rings. The first kappa shape index (κ1) is 14.1. The second kappa shape index (κ2) is 6.22. The average molecular weight is 262 g/mol. The number of hydrogen-bond acceptors (Lipinski definition) is 4. The van der Waals surface area contributed by atoms with Gasteiger partial charge in [-0.2, -0.15) is 0 Å². The lowest BCUT2D eigenvalue weighted by Crippen LogP contribution is -2.29. The van der Waals surface area contributed by atoms with Crippen LogP contribution in [0.5, 0.6) is 0 Å². The smallest absolute Gasteiger partial charge is 0.137 e. The summed E-state index contributed by atoms with van der Waals surface area (Å²) in [5, 5.41) is 3.21. The lowest BCUT2D eigenvalue weighted by atomic mass is 10.0. The summed E-state index contributed by atoms with van der Waals surface area (Å²) in [6.45, 7) is 8.88. The highest BCUT2D eigenvalue weighted by molar-refractivity contribution is 5.60. The van der Waals surface area contributed by atoms with Gasteiger partial charge >= 0.3 is 0 Å². The van der Waals surface area contributed by atoms with Crippen LogP contribution < -0.4 is 10.2 Å². The van der Waals surface area contributed by atoms with E-state index in [-0.39, 0.29) is 0 Å². The van der Waals surface area contributed by atoms with Gasteiger partial charge in [-0.15, -0.1) is 0 Å². The van der Waals surface area contributed by atoms with Crippen LogP contribution >= 0.6 is 0 Å². The number of nitrogens with one attached hydrogen (secondary N) is 1. The maximum absolute atomic E-state index is 4.58. The van der Waals surface area contributed by atoms with Crippen molar-refractivity contribution in [2.75, 3.05) is 30.4 Å². The molecule has 0 aliphatic heterocycles. The zero-order valence-corrected chi connectivity index (χ0v) is 12.6. The van der Waals surface area contributed by atoms with Crippen molar-refractivity contribution in [2.24, 2.45) is 5.92 Å². The van der Waals surface area contributed by atoms with E-state index in [1.807, 2.05) is 7.05 Å². The summed E-state index contributed by atoms with van der Waals surface area (Å²) in [6, 6.07) is 0. The van der Waals surface area contributed by atoms with Gasteiger partial charge in [0.05, 0.1) is 0 Å². The number of aromatic nitrogens is 2. The summed E-state index contributed by atoms with van der Waals surface area (Å²) in [4.78, 5) is 11.4. The maximum Gasteiger partial charge on any atom is 0.137 e. The molecule has 0 radical (unpaired) electrons. The van der Waals surface area contributed by atoms with Crippen molar-refractivity contribution in [3.63, 3.8) is 0 Å². The van der Waals surface area contributed by atoms with E-state index in [9.17, 15) is 0 Å². The minimum Gasteiger partial charge on any atom is -0.373 e. The van der Waals surface area contributed by atoms with Crippen molar-refractivity contribution >= 4 is 11.6 Å². The van der Waals surface area contributed by atoms with Crippen LogP contribution in [0.25, 0.3) is 0 Å². The zero-order valence-electron chi connectivity index (χ0n) is 12.6. The van der Waals surface area contributed by atoms with Gasteiger partial charge in [-0.1, -0.05) is 20.8 Å². The predicted molar refractivity (Wildman–Crippen MR) is 80.9 cm³/mol. The Kier molecular flexibility index (Phi) is 4.61. The molecule has 1 aliphatic carbocycles. The Balaban J connectivity index is 2.33. The molecule has 0 aromatic carbocycles. The van der Waals surface area contributed by atoms with Crippen molar-refractivity contribution in [2.45, 2.75) is 46.0 Å². The first-order valence-electron chi connectivity index (χ1n) is 7.44. The summed E-state index contributed by atoms with van der Waals surface area (Å²) in [5.74, 6) is 3.40. The lowest BCUT2D eigenvalue weighted by molar-refractivity contribution is 0.687. The summed E-state index contributed by atoms with van der Waals surface area (Å²) in [5.41, 5.74) is 1.25. The molecule has 0 bridgehead atoms. The molecule has 1 N–H and O–H groups in total. The summed E-state index contributed by atoms with van der Waals surface area (Å²) in [7, 11) is 1.93. The van der Waals surface area contributed by atoms with Gasteiger partial charge in [0, 0.05) is 25.7 Å². The molecule has 1 heterocycles. The predicted octanol–water partition coefficient (Wildman–Crippen LogP) is 3.27. The van der Waals surface area contributed by atoms with Crippen LogP contribution in [0.1, 0.15) is 51.5 Å². The number of hydrogen-bond donors (Lipinski definition) is 1. The van der Waals surface area contributed by atoms with Crippen LogP contribution in [0.3, 0.4) is 0 Å². The Labute approximate surface area is 116 Å². The summed E-state index contributed by atoms with van der Waals surface area (Å²) >= 11 is 0. The van der Waals surface area contributed by atoms with Crippen LogP contribution in [0, 0.1) is 5.92 Å². The van der Waals surface area contributed by atoms with Crippen molar-refractivity contribution in [3.05, 3.63) is 11.9 Å². The second-order valence-corrected chi connectivity index (χ2v) is 5.75.